The molecule has 0 spiro atoms. The summed E-state index contributed by atoms with van der Waals surface area (Å²) < 4.78 is 23.0. The monoisotopic (exact) mass is 275 g/mol. The molecule has 0 saturated heterocycles. The van der Waals surface area contributed by atoms with Gasteiger partial charge in [-0.2, -0.15) is 0 Å². The van der Waals surface area contributed by atoms with Gasteiger partial charge < -0.3 is 9.47 Å². The first-order valence-electron chi connectivity index (χ1n) is 6.14. The van der Waals surface area contributed by atoms with Crippen molar-refractivity contribution in [1.29, 1.82) is 0 Å². The Morgan fingerprint density at radius 2 is 1.65 bits per heavy atom. The third-order valence-electron chi connectivity index (χ3n) is 2.44. The number of rotatable bonds is 4. The third kappa shape index (κ3) is 3.98. The predicted molar refractivity (Wildman–Crippen MR) is 73.7 cm³/mol. The second-order valence-electron chi connectivity index (χ2n) is 3.93. The zero-order valence-corrected chi connectivity index (χ0v) is 10.9. The molecule has 4 nitrogen and oxygen atoms in total. The molecule has 1 amide bonds. The van der Waals surface area contributed by atoms with E-state index in [2.05, 4.69) is 5.32 Å². The summed E-state index contributed by atoms with van der Waals surface area (Å²) >= 11 is 0. The number of ether oxygens (including phenoxy) is 2. The average Bonchev–Trinajstić information content (AvgIpc) is 2.44. The van der Waals surface area contributed by atoms with Crippen LogP contribution in [0.2, 0.25) is 0 Å². The van der Waals surface area contributed by atoms with Crippen molar-refractivity contribution in [3.63, 3.8) is 0 Å². The zero-order chi connectivity index (χ0) is 14.4. The Hall–Kier alpha value is -2.56. The lowest BCUT2D eigenvalue weighted by molar-refractivity contribution is 0.215. The van der Waals surface area contributed by atoms with Crippen LogP contribution >= 0.6 is 0 Å². The van der Waals surface area contributed by atoms with Crippen LogP contribution in [0.15, 0.2) is 48.5 Å². The van der Waals surface area contributed by atoms with Crippen LogP contribution in [0.1, 0.15) is 6.92 Å². The fourth-order valence-electron chi connectivity index (χ4n) is 1.55. The summed E-state index contributed by atoms with van der Waals surface area (Å²) in [6, 6.07) is 12.1. The second kappa shape index (κ2) is 6.56. The van der Waals surface area contributed by atoms with Crippen molar-refractivity contribution in [2.45, 2.75) is 6.92 Å². The Balaban J connectivity index is 1.92. The van der Waals surface area contributed by atoms with Crippen molar-refractivity contribution in [3.8, 4) is 11.5 Å². The van der Waals surface area contributed by atoms with Gasteiger partial charge in [0.05, 0.1) is 6.61 Å². The summed E-state index contributed by atoms with van der Waals surface area (Å²) in [5.74, 6) is 0.615. The zero-order valence-electron chi connectivity index (χ0n) is 10.9. The lowest BCUT2D eigenvalue weighted by Gasteiger charge is -2.07. The van der Waals surface area contributed by atoms with Gasteiger partial charge >= 0.3 is 6.09 Å². The molecule has 0 unspecified atom stereocenters. The molecule has 2 rings (SSSR count). The summed E-state index contributed by atoms with van der Waals surface area (Å²) in [6.45, 7) is 2.48. The standard InChI is InChI=1S/C15H14FNO3/c1-2-19-13-9-5-12(6-10-13)17-15(18)20-14-7-3-11(16)4-8-14/h3-10H,2H2,1H3,(H,17,18). The van der Waals surface area contributed by atoms with E-state index in [0.717, 1.165) is 5.75 Å². The normalized spacial score (nSPS) is 9.90. The highest BCUT2D eigenvalue weighted by molar-refractivity contribution is 5.86. The van der Waals surface area contributed by atoms with Crippen molar-refractivity contribution in [2.75, 3.05) is 11.9 Å². The number of hydrogen-bond donors (Lipinski definition) is 1. The summed E-state index contributed by atoms with van der Waals surface area (Å²) in [5, 5.41) is 2.56. The van der Waals surface area contributed by atoms with E-state index in [9.17, 15) is 9.18 Å². The molecule has 2 aromatic carbocycles. The van der Waals surface area contributed by atoms with Crippen LogP contribution in [0.5, 0.6) is 11.5 Å². The highest BCUT2D eigenvalue weighted by Crippen LogP contribution is 2.17. The molecule has 0 radical (unpaired) electrons. The molecule has 0 fully saturated rings. The van der Waals surface area contributed by atoms with Crippen molar-refractivity contribution in [1.82, 2.24) is 0 Å². The minimum absolute atomic E-state index is 0.273. The van der Waals surface area contributed by atoms with Gasteiger partial charge in [-0.1, -0.05) is 0 Å². The number of benzene rings is 2. The van der Waals surface area contributed by atoms with Crippen LogP contribution in [-0.2, 0) is 0 Å². The van der Waals surface area contributed by atoms with E-state index in [1.165, 1.54) is 24.3 Å². The van der Waals surface area contributed by atoms with Crippen LogP contribution in [-0.4, -0.2) is 12.7 Å². The first-order valence-corrected chi connectivity index (χ1v) is 6.14. The number of hydrogen-bond acceptors (Lipinski definition) is 3. The van der Waals surface area contributed by atoms with Gasteiger partial charge in [-0.15, -0.1) is 0 Å². The van der Waals surface area contributed by atoms with E-state index in [1.807, 2.05) is 6.92 Å². The van der Waals surface area contributed by atoms with Gasteiger partial charge in [0.2, 0.25) is 0 Å². The first kappa shape index (κ1) is 13.9. The SMILES string of the molecule is CCOc1ccc(NC(=O)Oc2ccc(F)cc2)cc1. The quantitative estimate of drug-likeness (QED) is 0.922. The molecule has 2 aromatic rings. The maximum atomic E-state index is 12.7. The molecule has 104 valence electrons. The van der Waals surface area contributed by atoms with E-state index in [-0.39, 0.29) is 11.6 Å². The Morgan fingerprint density at radius 3 is 2.25 bits per heavy atom. The lowest BCUT2D eigenvalue weighted by atomic mass is 10.3. The van der Waals surface area contributed by atoms with Crippen LogP contribution in [0.3, 0.4) is 0 Å². The molecule has 0 heterocycles. The van der Waals surface area contributed by atoms with Crippen LogP contribution in [0, 0.1) is 5.82 Å². The van der Waals surface area contributed by atoms with Crippen molar-refractivity contribution >= 4 is 11.8 Å². The highest BCUT2D eigenvalue weighted by atomic mass is 19.1. The van der Waals surface area contributed by atoms with Gasteiger partial charge in [0.1, 0.15) is 17.3 Å². The number of carbonyl (C=O) groups is 1. The summed E-state index contributed by atoms with van der Waals surface area (Å²) in [5.41, 5.74) is 0.584. The van der Waals surface area contributed by atoms with Gasteiger partial charge in [0.15, 0.2) is 0 Å². The van der Waals surface area contributed by atoms with Crippen molar-refractivity contribution in [3.05, 3.63) is 54.3 Å². The lowest BCUT2D eigenvalue weighted by Crippen LogP contribution is -2.16. The molecule has 20 heavy (non-hydrogen) atoms. The van der Waals surface area contributed by atoms with Crippen LogP contribution in [0.4, 0.5) is 14.9 Å². The van der Waals surface area contributed by atoms with E-state index >= 15 is 0 Å². The minimum Gasteiger partial charge on any atom is -0.494 e. The van der Waals surface area contributed by atoms with Crippen LogP contribution < -0.4 is 14.8 Å². The molecule has 0 aromatic heterocycles. The van der Waals surface area contributed by atoms with Gasteiger partial charge in [-0.25, -0.2) is 9.18 Å². The Bertz CT molecular complexity index is 567. The maximum absolute atomic E-state index is 12.7. The molecule has 0 atom stereocenters. The van der Waals surface area contributed by atoms with E-state index < -0.39 is 6.09 Å². The molecule has 0 aliphatic rings. The van der Waals surface area contributed by atoms with E-state index in [0.29, 0.717) is 12.3 Å². The largest absolute Gasteiger partial charge is 0.494 e. The third-order valence-corrected chi connectivity index (χ3v) is 2.44. The Morgan fingerprint density at radius 1 is 1.05 bits per heavy atom. The average molecular weight is 275 g/mol. The molecule has 0 saturated carbocycles. The Kier molecular flexibility index (Phi) is 4.55. The molecule has 0 aliphatic heterocycles. The van der Waals surface area contributed by atoms with Gasteiger partial charge in [-0.05, 0) is 55.5 Å². The number of nitrogens with one attached hydrogen (secondary N) is 1. The predicted octanol–water partition coefficient (Wildman–Crippen LogP) is 3.84. The molecule has 0 bridgehead atoms. The molecular formula is C15H14FNO3. The smallest absolute Gasteiger partial charge is 0.417 e. The van der Waals surface area contributed by atoms with Gasteiger partial charge in [-0.3, -0.25) is 5.32 Å². The van der Waals surface area contributed by atoms with Gasteiger partial charge in [0.25, 0.3) is 0 Å². The van der Waals surface area contributed by atoms with Crippen molar-refractivity contribution < 1.29 is 18.7 Å². The minimum atomic E-state index is -0.638. The number of halogens is 1. The topological polar surface area (TPSA) is 47.6 Å². The number of amides is 1. The summed E-state index contributed by atoms with van der Waals surface area (Å²) in [7, 11) is 0. The molecule has 1 N–H and O–H groups in total. The van der Waals surface area contributed by atoms with E-state index in [4.69, 9.17) is 9.47 Å². The fourth-order valence-corrected chi connectivity index (χ4v) is 1.55. The number of anilines is 1. The summed E-state index contributed by atoms with van der Waals surface area (Å²) in [6.07, 6.45) is -0.638. The summed E-state index contributed by atoms with van der Waals surface area (Å²) in [4.78, 5) is 11.6. The Labute approximate surface area is 116 Å². The second-order valence-corrected chi connectivity index (χ2v) is 3.93. The van der Waals surface area contributed by atoms with Crippen molar-refractivity contribution in [2.24, 2.45) is 0 Å². The van der Waals surface area contributed by atoms with E-state index in [1.54, 1.807) is 24.3 Å². The fraction of sp³-hybridized carbons (Fsp3) is 0.133. The number of carbonyl (C=O) groups excluding carboxylic acids is 1. The maximum Gasteiger partial charge on any atom is 0.417 e. The molecular weight excluding hydrogens is 261 g/mol. The van der Waals surface area contributed by atoms with Crippen LogP contribution in [0.25, 0.3) is 0 Å². The van der Waals surface area contributed by atoms with Gasteiger partial charge in [0, 0.05) is 5.69 Å². The first-order chi connectivity index (χ1) is 9.67. The molecule has 0 aliphatic carbocycles. The highest BCUT2D eigenvalue weighted by Gasteiger charge is 2.05. The molecule has 5 heteroatoms.